The normalized spacial score (nSPS) is 11.8. The van der Waals surface area contributed by atoms with Gasteiger partial charge in [0.05, 0.1) is 4.92 Å². The number of anilines is 1. The number of amides is 1. The van der Waals surface area contributed by atoms with E-state index in [1.807, 2.05) is 32.6 Å². The monoisotopic (exact) mass is 587 g/mol. The Bertz CT molecular complexity index is 1350. The fourth-order valence-corrected chi connectivity index (χ4v) is 4.94. The maximum Gasteiger partial charge on any atom is 0.326 e. The first kappa shape index (κ1) is 30.7. The molecule has 2 N–H and O–H groups in total. The molecule has 0 saturated carbocycles. The third-order valence-electron chi connectivity index (χ3n) is 6.24. The minimum atomic E-state index is -1.32. The van der Waals surface area contributed by atoms with Gasteiger partial charge in [0.15, 0.2) is 0 Å². The topological polar surface area (TPSA) is 122 Å². The Morgan fingerprint density at radius 1 is 1.00 bits per heavy atom. The molecule has 0 spiro atoms. The number of carboxylic acids is 1. The summed E-state index contributed by atoms with van der Waals surface area (Å²) in [6, 6.07) is 15.0. The SMILES string of the molecule is CC(C)N(c1ccc([N+](=O)[O-])c(C(=O)NC(Cc2ccc(OCc3c(Cl)cccc3Cl)cc2)C(=O)O)c1)C(C)C. The molecule has 0 bridgehead atoms. The van der Waals surface area contributed by atoms with Crippen LogP contribution in [0.1, 0.15) is 49.2 Å². The zero-order valence-electron chi connectivity index (χ0n) is 22.6. The van der Waals surface area contributed by atoms with Crippen molar-refractivity contribution in [3.05, 3.63) is 97.5 Å². The quantitative estimate of drug-likeness (QED) is 0.182. The number of hydrogen-bond donors (Lipinski definition) is 2. The Balaban J connectivity index is 1.76. The van der Waals surface area contributed by atoms with Crippen molar-refractivity contribution >= 4 is 46.5 Å². The van der Waals surface area contributed by atoms with Gasteiger partial charge < -0.3 is 20.1 Å². The third kappa shape index (κ3) is 7.64. The molecule has 0 heterocycles. The van der Waals surface area contributed by atoms with Crippen LogP contribution in [0.5, 0.6) is 5.75 Å². The van der Waals surface area contributed by atoms with Crippen LogP contribution < -0.4 is 15.0 Å². The maximum absolute atomic E-state index is 13.2. The summed E-state index contributed by atoms with van der Waals surface area (Å²) in [5, 5.41) is 24.9. The summed E-state index contributed by atoms with van der Waals surface area (Å²) in [7, 11) is 0. The number of carbonyl (C=O) groups excluding carboxylic acids is 1. The van der Waals surface area contributed by atoms with Gasteiger partial charge in [-0.25, -0.2) is 4.79 Å². The summed E-state index contributed by atoms with van der Waals surface area (Å²) in [5.41, 5.74) is 1.28. The largest absolute Gasteiger partial charge is 0.489 e. The van der Waals surface area contributed by atoms with Crippen molar-refractivity contribution in [3.8, 4) is 5.75 Å². The van der Waals surface area contributed by atoms with Gasteiger partial charge in [-0.3, -0.25) is 14.9 Å². The molecule has 0 aliphatic rings. The first-order chi connectivity index (χ1) is 18.9. The summed E-state index contributed by atoms with van der Waals surface area (Å²) < 4.78 is 5.76. The molecule has 3 aromatic rings. The average molecular weight is 588 g/mol. The van der Waals surface area contributed by atoms with Crippen LogP contribution >= 0.6 is 23.2 Å². The van der Waals surface area contributed by atoms with E-state index in [-0.39, 0.29) is 30.7 Å². The Kier molecular flexibility index (Phi) is 10.4. The van der Waals surface area contributed by atoms with E-state index >= 15 is 0 Å². The zero-order valence-corrected chi connectivity index (χ0v) is 24.1. The highest BCUT2D eigenvalue weighted by atomic mass is 35.5. The minimum Gasteiger partial charge on any atom is -0.489 e. The van der Waals surface area contributed by atoms with Gasteiger partial charge in [0, 0.05) is 45.9 Å². The molecule has 3 rings (SSSR count). The molecule has 1 unspecified atom stereocenters. The number of nitrogens with one attached hydrogen (secondary N) is 1. The fraction of sp³-hybridized carbons (Fsp3) is 0.310. The number of halogens is 2. The van der Waals surface area contributed by atoms with Crippen LogP contribution in [0.25, 0.3) is 0 Å². The van der Waals surface area contributed by atoms with E-state index in [9.17, 15) is 24.8 Å². The number of hydrogen-bond acceptors (Lipinski definition) is 6. The third-order valence-corrected chi connectivity index (χ3v) is 6.95. The summed E-state index contributed by atoms with van der Waals surface area (Å²) in [6.07, 6.45) is -0.0463. The van der Waals surface area contributed by atoms with Crippen molar-refractivity contribution in [2.24, 2.45) is 0 Å². The minimum absolute atomic E-state index is 0.0463. The summed E-state index contributed by atoms with van der Waals surface area (Å²) in [4.78, 5) is 38.2. The first-order valence-electron chi connectivity index (χ1n) is 12.6. The number of benzene rings is 3. The number of carboxylic acid groups (broad SMARTS) is 1. The average Bonchev–Trinajstić information content (AvgIpc) is 2.88. The van der Waals surface area contributed by atoms with Crippen LogP contribution in [0.4, 0.5) is 11.4 Å². The molecular weight excluding hydrogens is 557 g/mol. The van der Waals surface area contributed by atoms with Crippen molar-refractivity contribution in [3.63, 3.8) is 0 Å². The number of nitrogens with zero attached hydrogens (tertiary/aromatic N) is 2. The molecule has 3 aromatic carbocycles. The van der Waals surface area contributed by atoms with Crippen molar-refractivity contribution in [2.75, 3.05) is 4.90 Å². The fourth-order valence-electron chi connectivity index (χ4n) is 4.44. The lowest BCUT2D eigenvalue weighted by Crippen LogP contribution is -2.42. The number of carbonyl (C=O) groups is 2. The number of rotatable bonds is 12. The van der Waals surface area contributed by atoms with E-state index in [0.29, 0.717) is 32.6 Å². The summed E-state index contributed by atoms with van der Waals surface area (Å²) in [5.74, 6) is -1.60. The van der Waals surface area contributed by atoms with Gasteiger partial charge in [-0.2, -0.15) is 0 Å². The standard InChI is InChI=1S/C29H31Cl2N3O6/c1-17(2)33(18(3)4)20-10-13-27(34(38)39)22(15-20)28(35)32-26(29(36)37)14-19-8-11-21(12-9-19)40-16-23-24(30)6-5-7-25(23)31/h5-13,15,17-18,26H,14,16H2,1-4H3,(H,32,35)(H,36,37). The van der Waals surface area contributed by atoms with Crippen LogP contribution in [0.15, 0.2) is 60.7 Å². The predicted octanol–water partition coefficient (Wildman–Crippen LogP) is 6.53. The van der Waals surface area contributed by atoms with Crippen molar-refractivity contribution < 1.29 is 24.4 Å². The van der Waals surface area contributed by atoms with Crippen LogP contribution in [-0.4, -0.2) is 40.0 Å². The number of aliphatic carboxylic acids is 1. The number of ether oxygens (including phenoxy) is 1. The summed E-state index contributed by atoms with van der Waals surface area (Å²) in [6.45, 7) is 8.05. The summed E-state index contributed by atoms with van der Waals surface area (Å²) >= 11 is 12.4. The van der Waals surface area contributed by atoms with E-state index in [1.54, 1.807) is 48.5 Å². The van der Waals surface area contributed by atoms with Crippen molar-refractivity contribution in [1.29, 1.82) is 0 Å². The molecule has 9 nitrogen and oxygen atoms in total. The van der Waals surface area contributed by atoms with Gasteiger partial charge in [0.2, 0.25) is 0 Å². The molecular formula is C29H31Cl2N3O6. The lowest BCUT2D eigenvalue weighted by Gasteiger charge is -2.33. The van der Waals surface area contributed by atoms with Crippen molar-refractivity contribution in [2.45, 2.75) is 58.8 Å². The Morgan fingerprint density at radius 2 is 1.60 bits per heavy atom. The molecule has 0 radical (unpaired) electrons. The first-order valence-corrected chi connectivity index (χ1v) is 13.4. The molecule has 0 aliphatic heterocycles. The molecule has 1 amide bonds. The second kappa shape index (κ2) is 13.5. The van der Waals surface area contributed by atoms with Gasteiger partial charge in [0.1, 0.15) is 24.0 Å². The second-order valence-corrected chi connectivity index (χ2v) is 10.6. The molecule has 0 fully saturated rings. The molecule has 0 saturated heterocycles. The van der Waals surface area contributed by atoms with Crippen LogP contribution in [-0.2, 0) is 17.8 Å². The Hall–Kier alpha value is -3.82. The smallest absolute Gasteiger partial charge is 0.326 e. The van der Waals surface area contributed by atoms with E-state index in [0.717, 1.165) is 0 Å². The molecule has 0 aliphatic carbocycles. The maximum atomic E-state index is 13.2. The highest BCUT2D eigenvalue weighted by Crippen LogP contribution is 2.29. The predicted molar refractivity (Wildman–Crippen MR) is 156 cm³/mol. The second-order valence-electron chi connectivity index (χ2n) is 9.75. The molecule has 212 valence electrons. The van der Waals surface area contributed by atoms with E-state index in [4.69, 9.17) is 27.9 Å². The highest BCUT2D eigenvalue weighted by Gasteiger charge is 2.28. The lowest BCUT2D eigenvalue weighted by molar-refractivity contribution is -0.385. The molecule has 1 atom stereocenters. The number of nitro benzene ring substituents is 1. The van der Waals surface area contributed by atoms with Gasteiger partial charge in [-0.1, -0.05) is 41.4 Å². The molecule has 11 heteroatoms. The van der Waals surface area contributed by atoms with Crippen LogP contribution in [0.2, 0.25) is 10.0 Å². The number of nitro groups is 1. The van der Waals surface area contributed by atoms with Gasteiger partial charge in [-0.05, 0) is 69.7 Å². The van der Waals surface area contributed by atoms with E-state index < -0.39 is 28.5 Å². The van der Waals surface area contributed by atoms with Crippen LogP contribution in [0.3, 0.4) is 0 Å². The highest BCUT2D eigenvalue weighted by molar-refractivity contribution is 6.35. The Morgan fingerprint density at radius 3 is 2.12 bits per heavy atom. The van der Waals surface area contributed by atoms with E-state index in [2.05, 4.69) is 5.32 Å². The van der Waals surface area contributed by atoms with Crippen LogP contribution in [0, 0.1) is 10.1 Å². The lowest BCUT2D eigenvalue weighted by atomic mass is 10.0. The van der Waals surface area contributed by atoms with Crippen molar-refractivity contribution in [1.82, 2.24) is 5.32 Å². The van der Waals surface area contributed by atoms with Gasteiger partial charge in [0.25, 0.3) is 11.6 Å². The zero-order chi connectivity index (χ0) is 29.6. The molecule has 0 aromatic heterocycles. The van der Waals surface area contributed by atoms with E-state index in [1.165, 1.54) is 12.1 Å². The van der Waals surface area contributed by atoms with Gasteiger partial charge in [-0.15, -0.1) is 0 Å². The van der Waals surface area contributed by atoms with Gasteiger partial charge >= 0.3 is 5.97 Å². The molecule has 40 heavy (non-hydrogen) atoms. The Labute approximate surface area is 242 Å².